The number of hydrogen-bond acceptors (Lipinski definition) is 6. The van der Waals surface area contributed by atoms with E-state index in [1.165, 1.54) is 0 Å². The second-order valence-electron chi connectivity index (χ2n) is 6.46. The third-order valence-electron chi connectivity index (χ3n) is 4.73. The number of aromatic nitrogens is 2. The first-order valence-electron chi connectivity index (χ1n) is 8.79. The SMILES string of the molecule is COc1ccccc1[C@H]1CC(c2c(O)n(-c3ccc(Cl)cc3)c(=O)[nH]c2=O)=NN1. The van der Waals surface area contributed by atoms with Crippen molar-refractivity contribution in [2.24, 2.45) is 5.10 Å². The first kappa shape index (κ1) is 18.8. The average molecular weight is 413 g/mol. The number of para-hydroxylation sites is 1. The van der Waals surface area contributed by atoms with Crippen molar-refractivity contribution < 1.29 is 9.84 Å². The van der Waals surface area contributed by atoms with Gasteiger partial charge in [-0.15, -0.1) is 0 Å². The van der Waals surface area contributed by atoms with E-state index in [-0.39, 0.29) is 11.6 Å². The van der Waals surface area contributed by atoms with E-state index in [4.69, 9.17) is 16.3 Å². The number of aromatic hydroxyl groups is 1. The highest BCUT2D eigenvalue weighted by molar-refractivity contribution is 6.30. The minimum absolute atomic E-state index is 0.0653. The zero-order valence-corrected chi connectivity index (χ0v) is 16.1. The van der Waals surface area contributed by atoms with Crippen LogP contribution in [-0.4, -0.2) is 27.5 Å². The van der Waals surface area contributed by atoms with E-state index < -0.39 is 17.1 Å². The number of methoxy groups -OCH3 is 1. The first-order valence-corrected chi connectivity index (χ1v) is 9.17. The number of aromatic amines is 1. The summed E-state index contributed by atoms with van der Waals surface area (Å²) in [6.07, 6.45) is 0.329. The number of ether oxygens (including phenoxy) is 1. The lowest BCUT2D eigenvalue weighted by Gasteiger charge is -2.14. The number of rotatable bonds is 4. The molecule has 3 N–H and O–H groups in total. The molecule has 0 spiro atoms. The Morgan fingerprint density at radius 1 is 1.17 bits per heavy atom. The molecule has 4 rings (SSSR count). The van der Waals surface area contributed by atoms with Crippen LogP contribution in [0, 0.1) is 0 Å². The molecule has 2 heterocycles. The second-order valence-corrected chi connectivity index (χ2v) is 6.89. The number of nitrogens with one attached hydrogen (secondary N) is 2. The normalized spacial score (nSPS) is 15.7. The zero-order valence-electron chi connectivity index (χ0n) is 15.3. The maximum Gasteiger partial charge on any atom is 0.335 e. The Morgan fingerprint density at radius 2 is 1.90 bits per heavy atom. The Kier molecular flexibility index (Phi) is 4.85. The van der Waals surface area contributed by atoms with Gasteiger partial charge in [-0.2, -0.15) is 5.10 Å². The monoisotopic (exact) mass is 412 g/mol. The fourth-order valence-corrected chi connectivity index (χ4v) is 3.47. The lowest BCUT2D eigenvalue weighted by atomic mass is 9.99. The molecule has 0 saturated carbocycles. The molecule has 148 valence electrons. The fourth-order valence-electron chi connectivity index (χ4n) is 3.35. The van der Waals surface area contributed by atoms with E-state index in [1.807, 2.05) is 24.3 Å². The third kappa shape index (κ3) is 3.38. The van der Waals surface area contributed by atoms with Crippen LogP contribution in [0.3, 0.4) is 0 Å². The summed E-state index contributed by atoms with van der Waals surface area (Å²) in [5, 5.41) is 15.5. The maximum atomic E-state index is 12.5. The summed E-state index contributed by atoms with van der Waals surface area (Å²) in [6, 6.07) is 13.5. The van der Waals surface area contributed by atoms with Gasteiger partial charge in [0.15, 0.2) is 0 Å². The topological polar surface area (TPSA) is 109 Å². The van der Waals surface area contributed by atoms with Gasteiger partial charge in [0, 0.05) is 17.0 Å². The van der Waals surface area contributed by atoms with Crippen LogP contribution in [0.1, 0.15) is 23.6 Å². The number of benzene rings is 2. The fraction of sp³-hybridized carbons (Fsp3) is 0.150. The summed E-state index contributed by atoms with van der Waals surface area (Å²) in [7, 11) is 1.58. The van der Waals surface area contributed by atoms with E-state index in [0.29, 0.717) is 28.6 Å². The lowest BCUT2D eigenvalue weighted by molar-refractivity contribution is 0.402. The Hall–Kier alpha value is -3.52. The van der Waals surface area contributed by atoms with Crippen LogP contribution in [0.15, 0.2) is 63.2 Å². The highest BCUT2D eigenvalue weighted by atomic mass is 35.5. The largest absolute Gasteiger partial charge is 0.496 e. The van der Waals surface area contributed by atoms with Crippen LogP contribution in [-0.2, 0) is 0 Å². The van der Waals surface area contributed by atoms with Crippen LogP contribution in [0.5, 0.6) is 11.6 Å². The van der Waals surface area contributed by atoms with Crippen molar-refractivity contribution in [1.29, 1.82) is 0 Å². The summed E-state index contributed by atoms with van der Waals surface area (Å²) < 4.78 is 6.39. The molecule has 0 aliphatic carbocycles. The van der Waals surface area contributed by atoms with E-state index in [1.54, 1.807) is 31.4 Å². The summed E-state index contributed by atoms with van der Waals surface area (Å²) in [5.41, 5.74) is 3.01. The molecule has 9 heteroatoms. The van der Waals surface area contributed by atoms with Gasteiger partial charge in [0.1, 0.15) is 11.3 Å². The Balaban J connectivity index is 1.75. The second kappa shape index (κ2) is 7.48. The molecular formula is C20H17ClN4O4. The molecule has 0 unspecified atom stereocenters. The molecule has 1 aromatic heterocycles. The molecule has 0 amide bonds. The highest BCUT2D eigenvalue weighted by Gasteiger charge is 2.28. The molecule has 29 heavy (non-hydrogen) atoms. The van der Waals surface area contributed by atoms with Gasteiger partial charge in [-0.1, -0.05) is 29.8 Å². The molecular weight excluding hydrogens is 396 g/mol. The molecule has 0 radical (unpaired) electrons. The van der Waals surface area contributed by atoms with Crippen molar-refractivity contribution in [3.8, 4) is 17.3 Å². The predicted octanol–water partition coefficient (Wildman–Crippen LogP) is 2.33. The standard InChI is InChI=1S/C20H17ClN4O4/c1-29-16-5-3-2-4-13(16)14-10-15(24-23-14)17-18(26)22-20(28)25(19(17)27)12-8-6-11(21)7-9-12/h2-9,14,23,27H,10H2,1H3,(H,22,26,28)/t14-/m1/s1. The first-order chi connectivity index (χ1) is 14.0. The quantitative estimate of drug-likeness (QED) is 0.609. The van der Waals surface area contributed by atoms with Crippen LogP contribution in [0.2, 0.25) is 5.02 Å². The van der Waals surface area contributed by atoms with Crippen molar-refractivity contribution in [2.75, 3.05) is 7.11 Å². The molecule has 0 fully saturated rings. The van der Waals surface area contributed by atoms with Gasteiger partial charge < -0.3 is 15.3 Å². The average Bonchev–Trinajstić information content (AvgIpc) is 3.18. The lowest BCUT2D eigenvalue weighted by Crippen LogP contribution is -2.33. The molecule has 1 aliphatic heterocycles. The van der Waals surface area contributed by atoms with Gasteiger partial charge in [0.2, 0.25) is 5.88 Å². The minimum atomic E-state index is -0.758. The van der Waals surface area contributed by atoms with E-state index >= 15 is 0 Å². The van der Waals surface area contributed by atoms with Gasteiger partial charge in [0.25, 0.3) is 5.56 Å². The van der Waals surface area contributed by atoms with Gasteiger partial charge in [0.05, 0.1) is 24.6 Å². The number of halogens is 1. The van der Waals surface area contributed by atoms with Gasteiger partial charge in [-0.25, -0.2) is 9.36 Å². The zero-order chi connectivity index (χ0) is 20.5. The highest BCUT2D eigenvalue weighted by Crippen LogP contribution is 2.32. The molecule has 1 aliphatic rings. The minimum Gasteiger partial charge on any atom is -0.496 e. The Morgan fingerprint density at radius 3 is 2.62 bits per heavy atom. The van der Waals surface area contributed by atoms with Gasteiger partial charge in [-0.3, -0.25) is 9.78 Å². The summed E-state index contributed by atoms with van der Waals surface area (Å²) in [6.45, 7) is 0. The van der Waals surface area contributed by atoms with E-state index in [9.17, 15) is 14.7 Å². The molecule has 3 aromatic rings. The molecule has 2 aromatic carbocycles. The molecule has 0 saturated heterocycles. The third-order valence-corrected chi connectivity index (χ3v) is 4.98. The molecule has 8 nitrogen and oxygen atoms in total. The number of hydrazone groups is 1. The summed E-state index contributed by atoms with van der Waals surface area (Å²) in [4.78, 5) is 27.0. The number of hydrogen-bond donors (Lipinski definition) is 3. The Labute approximate surface area is 170 Å². The number of nitrogens with zero attached hydrogens (tertiary/aromatic N) is 2. The summed E-state index contributed by atoms with van der Waals surface area (Å²) >= 11 is 5.89. The number of H-pyrrole nitrogens is 1. The van der Waals surface area contributed by atoms with Crippen LogP contribution in [0.25, 0.3) is 5.69 Å². The van der Waals surface area contributed by atoms with Crippen molar-refractivity contribution in [3.63, 3.8) is 0 Å². The molecule has 0 bridgehead atoms. The summed E-state index contributed by atoms with van der Waals surface area (Å²) in [5.74, 6) is 0.202. The van der Waals surface area contributed by atoms with Gasteiger partial charge >= 0.3 is 5.69 Å². The van der Waals surface area contributed by atoms with Crippen molar-refractivity contribution >= 4 is 17.3 Å². The van der Waals surface area contributed by atoms with Crippen molar-refractivity contribution in [1.82, 2.24) is 15.0 Å². The molecule has 1 atom stereocenters. The van der Waals surface area contributed by atoms with Crippen molar-refractivity contribution in [2.45, 2.75) is 12.5 Å². The van der Waals surface area contributed by atoms with Crippen LogP contribution in [0.4, 0.5) is 0 Å². The predicted molar refractivity (Wildman–Crippen MR) is 109 cm³/mol. The van der Waals surface area contributed by atoms with E-state index in [2.05, 4.69) is 15.5 Å². The maximum absolute atomic E-state index is 12.5. The van der Waals surface area contributed by atoms with Crippen LogP contribution < -0.4 is 21.4 Å². The Bertz CT molecular complexity index is 1210. The van der Waals surface area contributed by atoms with E-state index in [0.717, 1.165) is 10.1 Å². The van der Waals surface area contributed by atoms with Gasteiger partial charge in [-0.05, 0) is 30.3 Å². The van der Waals surface area contributed by atoms with Crippen LogP contribution >= 0.6 is 11.6 Å². The van der Waals surface area contributed by atoms with Crippen molar-refractivity contribution in [3.05, 3.63) is 85.5 Å². The smallest absolute Gasteiger partial charge is 0.335 e.